The Kier molecular flexibility index (Phi) is 3.86. The molecule has 2 aromatic rings. The lowest BCUT2D eigenvalue weighted by atomic mass is 9.52. The molecule has 0 spiro atoms. The minimum atomic E-state index is 0.398. The van der Waals surface area contributed by atoms with Crippen molar-refractivity contribution >= 4 is 0 Å². The van der Waals surface area contributed by atoms with Crippen LogP contribution in [-0.2, 0) is 11.8 Å². The summed E-state index contributed by atoms with van der Waals surface area (Å²) in [5.41, 5.74) is 4.84. The summed E-state index contributed by atoms with van der Waals surface area (Å²) in [6.45, 7) is 3.35. The zero-order valence-electron chi connectivity index (χ0n) is 16.0. The van der Waals surface area contributed by atoms with Gasteiger partial charge in [0.25, 0.3) is 0 Å². The molecule has 2 bridgehead atoms. The molecule has 2 nitrogen and oxygen atoms in total. The molecule has 2 heteroatoms. The van der Waals surface area contributed by atoms with Crippen LogP contribution in [0.4, 0.5) is 0 Å². The largest absolute Gasteiger partial charge is 0.457 e. The third-order valence-electron chi connectivity index (χ3n) is 7.34. The van der Waals surface area contributed by atoms with Crippen LogP contribution in [0.25, 0.3) is 0 Å². The van der Waals surface area contributed by atoms with Gasteiger partial charge < -0.3 is 9.64 Å². The number of benzene rings is 2. The fraction of sp³-hybridized carbons (Fsp3) is 0.500. The van der Waals surface area contributed by atoms with E-state index in [1.165, 1.54) is 50.6 Å². The third kappa shape index (κ3) is 2.50. The molecule has 0 unspecified atom stereocenters. The summed E-state index contributed by atoms with van der Waals surface area (Å²) in [5, 5.41) is 0. The maximum Gasteiger partial charge on any atom is 0.127 e. The molecule has 0 radical (unpaired) electrons. The molecule has 1 saturated heterocycles. The average molecular weight is 348 g/mol. The molecule has 0 N–H and O–H groups in total. The Labute approximate surface area is 157 Å². The minimum Gasteiger partial charge on any atom is -0.457 e. The Morgan fingerprint density at radius 1 is 1.00 bits per heavy atom. The number of nitrogens with zero attached hydrogens (tertiary/aromatic N) is 1. The number of hydrogen-bond acceptors (Lipinski definition) is 2. The average Bonchev–Trinajstić information content (AvgIpc) is 2.67. The monoisotopic (exact) mass is 347 g/mol. The van der Waals surface area contributed by atoms with Crippen molar-refractivity contribution in [2.75, 3.05) is 13.6 Å². The molecule has 5 rings (SSSR count). The summed E-state index contributed by atoms with van der Waals surface area (Å²) in [6.07, 6.45) is 8.08. The molecule has 26 heavy (non-hydrogen) atoms. The Balaban J connectivity index is 1.54. The van der Waals surface area contributed by atoms with E-state index in [1.54, 1.807) is 11.1 Å². The molecule has 3 atom stereocenters. The van der Waals surface area contributed by atoms with Gasteiger partial charge in [-0.2, -0.15) is 0 Å². The lowest BCUT2D eigenvalue weighted by Crippen LogP contribution is -2.59. The van der Waals surface area contributed by atoms with Crippen molar-refractivity contribution in [3.63, 3.8) is 0 Å². The Hall–Kier alpha value is -1.80. The van der Waals surface area contributed by atoms with E-state index in [2.05, 4.69) is 61.3 Å². The topological polar surface area (TPSA) is 12.5 Å². The van der Waals surface area contributed by atoms with Gasteiger partial charge in [0.15, 0.2) is 0 Å². The Morgan fingerprint density at radius 2 is 1.81 bits per heavy atom. The highest BCUT2D eigenvalue weighted by Crippen LogP contribution is 2.56. The van der Waals surface area contributed by atoms with Crippen LogP contribution in [0.1, 0.15) is 48.8 Å². The van der Waals surface area contributed by atoms with Crippen molar-refractivity contribution in [1.29, 1.82) is 0 Å². The van der Waals surface area contributed by atoms with Crippen LogP contribution in [0.15, 0.2) is 42.5 Å². The SMILES string of the molecule is Cc1ccc(Oc2ccc3c(c2)[C@@]24CCCC[C@H]2[C@@H](C3)N(C)CC4)cc1. The second-order valence-corrected chi connectivity index (χ2v) is 8.74. The van der Waals surface area contributed by atoms with E-state index in [0.717, 1.165) is 23.5 Å². The molecule has 136 valence electrons. The quantitative estimate of drug-likeness (QED) is 0.714. The first-order valence-corrected chi connectivity index (χ1v) is 10.2. The van der Waals surface area contributed by atoms with Gasteiger partial charge in [0.2, 0.25) is 0 Å². The number of piperidine rings is 1. The van der Waals surface area contributed by atoms with Crippen LogP contribution in [-0.4, -0.2) is 24.5 Å². The highest BCUT2D eigenvalue weighted by Gasteiger charge is 2.53. The smallest absolute Gasteiger partial charge is 0.127 e. The van der Waals surface area contributed by atoms with Gasteiger partial charge in [-0.3, -0.25) is 0 Å². The lowest BCUT2D eigenvalue weighted by Gasteiger charge is -2.58. The molecule has 0 amide bonds. The summed E-state index contributed by atoms with van der Waals surface area (Å²) >= 11 is 0. The Bertz CT molecular complexity index is 811. The molecule has 1 heterocycles. The van der Waals surface area contributed by atoms with Crippen LogP contribution in [0.5, 0.6) is 11.5 Å². The number of rotatable bonds is 2. The standard InChI is InChI=1S/C24H29NO/c1-17-6-9-19(10-7-17)26-20-11-8-18-15-23-21-5-3-4-12-24(21,22(18)16-20)13-14-25(23)2/h6-11,16,21,23H,3-5,12-15H2,1-2H3/t21-,23+,24+/m0/s1. The van der Waals surface area contributed by atoms with E-state index in [9.17, 15) is 0 Å². The first kappa shape index (κ1) is 16.4. The fourth-order valence-corrected chi connectivity index (χ4v) is 5.98. The van der Waals surface area contributed by atoms with Gasteiger partial charge in [-0.05, 0) is 87.5 Å². The first-order chi connectivity index (χ1) is 12.7. The molecule has 3 aliphatic rings. The van der Waals surface area contributed by atoms with E-state index in [-0.39, 0.29) is 0 Å². The number of aryl methyl sites for hydroxylation is 1. The van der Waals surface area contributed by atoms with Gasteiger partial charge in [0.1, 0.15) is 11.5 Å². The van der Waals surface area contributed by atoms with Crippen molar-refractivity contribution in [1.82, 2.24) is 4.90 Å². The van der Waals surface area contributed by atoms with Gasteiger partial charge in [0, 0.05) is 11.5 Å². The zero-order valence-corrected chi connectivity index (χ0v) is 16.0. The van der Waals surface area contributed by atoms with Crippen LogP contribution in [0, 0.1) is 12.8 Å². The van der Waals surface area contributed by atoms with Crippen molar-refractivity contribution in [2.24, 2.45) is 5.92 Å². The highest BCUT2D eigenvalue weighted by molar-refractivity contribution is 5.46. The maximum atomic E-state index is 6.22. The molecule has 2 fully saturated rings. The van der Waals surface area contributed by atoms with E-state index >= 15 is 0 Å². The predicted molar refractivity (Wildman–Crippen MR) is 106 cm³/mol. The normalized spacial score (nSPS) is 30.4. The van der Waals surface area contributed by atoms with E-state index in [4.69, 9.17) is 4.74 Å². The molecule has 0 aromatic heterocycles. The Morgan fingerprint density at radius 3 is 2.65 bits per heavy atom. The van der Waals surface area contributed by atoms with E-state index in [0.29, 0.717) is 5.41 Å². The van der Waals surface area contributed by atoms with Gasteiger partial charge in [0.05, 0.1) is 0 Å². The highest BCUT2D eigenvalue weighted by atomic mass is 16.5. The molecule has 2 aromatic carbocycles. The van der Waals surface area contributed by atoms with Gasteiger partial charge in [-0.15, -0.1) is 0 Å². The molecular formula is C24H29NO. The van der Waals surface area contributed by atoms with Crippen LogP contribution >= 0.6 is 0 Å². The van der Waals surface area contributed by atoms with E-state index < -0.39 is 0 Å². The van der Waals surface area contributed by atoms with Crippen molar-refractivity contribution in [3.8, 4) is 11.5 Å². The summed E-state index contributed by atoms with van der Waals surface area (Å²) < 4.78 is 6.22. The van der Waals surface area contributed by atoms with Gasteiger partial charge >= 0.3 is 0 Å². The lowest BCUT2D eigenvalue weighted by molar-refractivity contribution is 0.00276. The summed E-state index contributed by atoms with van der Waals surface area (Å²) in [5.74, 6) is 2.77. The van der Waals surface area contributed by atoms with Crippen molar-refractivity contribution in [2.45, 2.75) is 56.9 Å². The maximum absolute atomic E-state index is 6.22. The first-order valence-electron chi connectivity index (χ1n) is 10.2. The van der Waals surface area contributed by atoms with Gasteiger partial charge in [-0.25, -0.2) is 0 Å². The molecule has 1 aliphatic heterocycles. The second-order valence-electron chi connectivity index (χ2n) is 8.74. The van der Waals surface area contributed by atoms with E-state index in [1.807, 2.05) is 0 Å². The molecular weight excluding hydrogens is 318 g/mol. The number of fused-ring (bicyclic) bond motifs is 1. The van der Waals surface area contributed by atoms with Gasteiger partial charge in [-0.1, -0.05) is 36.6 Å². The summed E-state index contributed by atoms with van der Waals surface area (Å²) in [7, 11) is 2.34. The van der Waals surface area contributed by atoms with Crippen LogP contribution in [0.2, 0.25) is 0 Å². The van der Waals surface area contributed by atoms with Crippen LogP contribution < -0.4 is 4.74 Å². The van der Waals surface area contributed by atoms with Crippen molar-refractivity contribution in [3.05, 3.63) is 59.2 Å². The summed E-state index contributed by atoms with van der Waals surface area (Å²) in [4.78, 5) is 2.63. The summed E-state index contributed by atoms with van der Waals surface area (Å²) in [6, 6.07) is 16.0. The molecule has 2 aliphatic carbocycles. The fourth-order valence-electron chi connectivity index (χ4n) is 5.98. The third-order valence-corrected chi connectivity index (χ3v) is 7.34. The number of likely N-dealkylation sites (tertiary alicyclic amines) is 1. The number of ether oxygens (including phenoxy) is 1. The second kappa shape index (κ2) is 6.13. The predicted octanol–water partition coefficient (Wildman–Crippen LogP) is 5.48. The molecule has 1 saturated carbocycles. The zero-order chi connectivity index (χ0) is 17.7. The number of hydrogen-bond donors (Lipinski definition) is 0. The van der Waals surface area contributed by atoms with Crippen LogP contribution in [0.3, 0.4) is 0 Å². The number of likely N-dealkylation sites (N-methyl/N-ethyl adjacent to an activating group) is 1. The minimum absolute atomic E-state index is 0.398. The van der Waals surface area contributed by atoms with Crippen molar-refractivity contribution < 1.29 is 4.74 Å².